The zero-order valence-corrected chi connectivity index (χ0v) is 18.1. The van der Waals surface area contributed by atoms with Crippen LogP contribution >= 0.6 is 23.2 Å². The van der Waals surface area contributed by atoms with Crippen LogP contribution in [0.2, 0.25) is 10.0 Å². The molecule has 0 bridgehead atoms. The van der Waals surface area contributed by atoms with Crippen molar-refractivity contribution in [3.63, 3.8) is 0 Å². The van der Waals surface area contributed by atoms with Crippen molar-refractivity contribution in [3.05, 3.63) is 57.6 Å². The van der Waals surface area contributed by atoms with E-state index in [0.717, 1.165) is 50.6 Å². The summed E-state index contributed by atoms with van der Waals surface area (Å²) < 4.78 is 16.3. The first-order valence-electron chi connectivity index (χ1n) is 10.0. The molecule has 0 atom stereocenters. The van der Waals surface area contributed by atoms with E-state index >= 15 is 0 Å². The summed E-state index contributed by atoms with van der Waals surface area (Å²) in [6.07, 6.45) is 0.863. The molecule has 6 nitrogen and oxygen atoms in total. The number of nitrogens with zero attached hydrogens (tertiary/aromatic N) is 2. The highest BCUT2D eigenvalue weighted by molar-refractivity contribution is 6.36. The second kappa shape index (κ2) is 9.88. The van der Waals surface area contributed by atoms with Gasteiger partial charge in [-0.15, -0.1) is 0 Å². The van der Waals surface area contributed by atoms with Crippen LogP contribution in [0.4, 0.5) is 0 Å². The first kappa shape index (κ1) is 21.2. The van der Waals surface area contributed by atoms with Gasteiger partial charge in [-0.3, -0.25) is 9.69 Å². The first-order valence-corrected chi connectivity index (χ1v) is 10.8. The summed E-state index contributed by atoms with van der Waals surface area (Å²) in [7, 11) is 0. The van der Waals surface area contributed by atoms with Gasteiger partial charge >= 0.3 is 0 Å². The van der Waals surface area contributed by atoms with Crippen molar-refractivity contribution in [1.82, 2.24) is 9.80 Å². The number of fused-ring (bicyclic) bond motifs is 1. The fourth-order valence-corrected chi connectivity index (χ4v) is 4.14. The third kappa shape index (κ3) is 5.19. The van der Waals surface area contributed by atoms with Crippen molar-refractivity contribution in [1.29, 1.82) is 0 Å². The van der Waals surface area contributed by atoms with Crippen molar-refractivity contribution in [3.8, 4) is 11.5 Å². The van der Waals surface area contributed by atoms with Crippen LogP contribution in [0.15, 0.2) is 36.4 Å². The number of carbonyl (C=O) groups excluding carboxylic acids is 1. The van der Waals surface area contributed by atoms with Gasteiger partial charge in [-0.2, -0.15) is 0 Å². The molecule has 160 valence electrons. The lowest BCUT2D eigenvalue weighted by atomic mass is 10.1. The van der Waals surface area contributed by atoms with E-state index in [9.17, 15) is 4.79 Å². The Bertz CT molecular complexity index is 903. The van der Waals surface area contributed by atoms with Crippen LogP contribution in [-0.2, 0) is 11.3 Å². The number of hydrogen-bond acceptors (Lipinski definition) is 5. The molecular formula is C22H24Cl2N2O4. The molecule has 30 heavy (non-hydrogen) atoms. The lowest BCUT2D eigenvalue weighted by molar-refractivity contribution is 0.0355. The molecule has 2 aliphatic heterocycles. The van der Waals surface area contributed by atoms with E-state index in [-0.39, 0.29) is 12.7 Å². The van der Waals surface area contributed by atoms with E-state index in [1.54, 1.807) is 18.2 Å². The van der Waals surface area contributed by atoms with Gasteiger partial charge in [0.1, 0.15) is 0 Å². The number of rotatable bonds is 7. The number of benzene rings is 2. The molecule has 0 spiro atoms. The van der Waals surface area contributed by atoms with Crippen LogP contribution in [0.5, 0.6) is 11.5 Å². The summed E-state index contributed by atoms with van der Waals surface area (Å²) in [4.78, 5) is 17.5. The topological polar surface area (TPSA) is 51.2 Å². The number of morpholine rings is 1. The monoisotopic (exact) mass is 450 g/mol. The number of hydrogen-bond donors (Lipinski definition) is 0. The second-order valence-corrected chi connectivity index (χ2v) is 8.19. The maximum absolute atomic E-state index is 13.3. The van der Waals surface area contributed by atoms with Crippen LogP contribution in [0.1, 0.15) is 22.3 Å². The van der Waals surface area contributed by atoms with Gasteiger partial charge in [0.05, 0.1) is 23.8 Å². The van der Waals surface area contributed by atoms with Gasteiger partial charge in [0.25, 0.3) is 5.91 Å². The summed E-state index contributed by atoms with van der Waals surface area (Å²) in [5, 5.41) is 0.863. The maximum Gasteiger partial charge on any atom is 0.255 e. The molecule has 2 heterocycles. The molecule has 8 heteroatoms. The molecule has 4 rings (SSSR count). The standard InChI is InChI=1S/C22H24Cl2N2O4/c23-17-3-4-18(19(24)13-17)22(27)26(7-1-6-25-8-10-28-11-9-25)14-16-2-5-20-21(12-16)30-15-29-20/h2-5,12-13H,1,6-11,14-15H2. The molecule has 0 N–H and O–H groups in total. The zero-order valence-electron chi connectivity index (χ0n) is 16.6. The lowest BCUT2D eigenvalue weighted by Gasteiger charge is -2.28. The van der Waals surface area contributed by atoms with E-state index in [4.69, 9.17) is 37.4 Å². The highest BCUT2D eigenvalue weighted by Gasteiger charge is 2.21. The zero-order chi connectivity index (χ0) is 20.9. The Morgan fingerprint density at radius 3 is 2.63 bits per heavy atom. The Morgan fingerprint density at radius 1 is 1.03 bits per heavy atom. The molecule has 1 fully saturated rings. The second-order valence-electron chi connectivity index (χ2n) is 7.35. The third-order valence-corrected chi connectivity index (χ3v) is 5.81. The molecule has 1 amide bonds. The van der Waals surface area contributed by atoms with Crippen molar-refractivity contribution in [2.75, 3.05) is 46.2 Å². The molecular weight excluding hydrogens is 427 g/mol. The van der Waals surface area contributed by atoms with Gasteiger partial charge in [-0.25, -0.2) is 0 Å². The first-order chi connectivity index (χ1) is 14.6. The van der Waals surface area contributed by atoms with Gasteiger partial charge in [-0.05, 0) is 42.3 Å². The highest BCUT2D eigenvalue weighted by atomic mass is 35.5. The van der Waals surface area contributed by atoms with Crippen molar-refractivity contribution < 1.29 is 19.0 Å². The van der Waals surface area contributed by atoms with E-state index in [1.165, 1.54) is 0 Å². The summed E-state index contributed by atoms with van der Waals surface area (Å²) in [6, 6.07) is 10.7. The van der Waals surface area contributed by atoms with Crippen LogP contribution in [0.3, 0.4) is 0 Å². The smallest absolute Gasteiger partial charge is 0.255 e. The quantitative estimate of drug-likeness (QED) is 0.635. The Kier molecular flexibility index (Phi) is 7.00. The number of ether oxygens (including phenoxy) is 3. The third-order valence-electron chi connectivity index (χ3n) is 5.27. The number of amides is 1. The molecule has 0 aliphatic carbocycles. The predicted octanol–water partition coefficient (Wildman–Crippen LogP) is 4.09. The van der Waals surface area contributed by atoms with E-state index in [0.29, 0.717) is 34.4 Å². The molecule has 2 aliphatic rings. The molecule has 2 aromatic rings. The summed E-state index contributed by atoms with van der Waals surface area (Å²) in [5.74, 6) is 1.32. The largest absolute Gasteiger partial charge is 0.454 e. The van der Waals surface area contributed by atoms with Gasteiger partial charge in [0.2, 0.25) is 6.79 Å². The Labute approximate surface area is 186 Å². The van der Waals surface area contributed by atoms with E-state index in [2.05, 4.69) is 4.90 Å². The van der Waals surface area contributed by atoms with Crippen molar-refractivity contribution >= 4 is 29.1 Å². The van der Waals surface area contributed by atoms with Crippen LogP contribution in [0, 0.1) is 0 Å². The fourth-order valence-electron chi connectivity index (χ4n) is 3.66. The van der Waals surface area contributed by atoms with Gasteiger partial charge in [0.15, 0.2) is 11.5 Å². The summed E-state index contributed by atoms with van der Waals surface area (Å²) >= 11 is 12.3. The molecule has 0 aromatic heterocycles. The van der Waals surface area contributed by atoms with Crippen molar-refractivity contribution in [2.45, 2.75) is 13.0 Å². The van der Waals surface area contributed by atoms with Crippen LogP contribution in [-0.4, -0.2) is 61.9 Å². The van der Waals surface area contributed by atoms with E-state index in [1.807, 2.05) is 23.1 Å². The van der Waals surface area contributed by atoms with Crippen molar-refractivity contribution in [2.24, 2.45) is 0 Å². The minimum atomic E-state index is -0.115. The van der Waals surface area contributed by atoms with Gasteiger partial charge in [0, 0.05) is 37.7 Å². The predicted molar refractivity (Wildman–Crippen MR) is 116 cm³/mol. The lowest BCUT2D eigenvalue weighted by Crippen LogP contribution is -2.39. The highest BCUT2D eigenvalue weighted by Crippen LogP contribution is 2.33. The SMILES string of the molecule is O=C(c1ccc(Cl)cc1Cl)N(CCCN1CCOCC1)Cc1ccc2c(c1)OCO2. The minimum absolute atomic E-state index is 0.115. The van der Waals surface area contributed by atoms with Crippen LogP contribution in [0.25, 0.3) is 0 Å². The van der Waals surface area contributed by atoms with Crippen LogP contribution < -0.4 is 9.47 Å². The Hall–Kier alpha value is -1.99. The molecule has 1 saturated heterocycles. The molecule has 0 saturated carbocycles. The average molecular weight is 451 g/mol. The summed E-state index contributed by atoms with van der Waals surface area (Å²) in [6.45, 7) is 5.60. The van der Waals surface area contributed by atoms with E-state index < -0.39 is 0 Å². The number of halogens is 2. The minimum Gasteiger partial charge on any atom is -0.454 e. The molecule has 2 aromatic carbocycles. The molecule has 0 radical (unpaired) electrons. The maximum atomic E-state index is 13.3. The average Bonchev–Trinajstić information content (AvgIpc) is 3.21. The Balaban J connectivity index is 1.48. The fraction of sp³-hybridized carbons (Fsp3) is 0.409. The Morgan fingerprint density at radius 2 is 1.83 bits per heavy atom. The summed E-state index contributed by atoms with van der Waals surface area (Å²) in [5.41, 5.74) is 1.43. The van der Waals surface area contributed by atoms with Gasteiger partial charge < -0.3 is 19.1 Å². The van der Waals surface area contributed by atoms with Gasteiger partial charge in [-0.1, -0.05) is 29.3 Å². The number of carbonyl (C=O) groups is 1. The molecule has 0 unspecified atom stereocenters. The normalized spacial score (nSPS) is 15.9.